The summed E-state index contributed by atoms with van der Waals surface area (Å²) in [6.45, 7) is 0.550. The Morgan fingerprint density at radius 2 is 2.62 bits per heavy atom. The molecule has 13 heavy (non-hydrogen) atoms. The summed E-state index contributed by atoms with van der Waals surface area (Å²) in [6, 6.07) is 0.625. The molecule has 0 saturated carbocycles. The monoisotopic (exact) mass is 197 g/mol. The summed E-state index contributed by atoms with van der Waals surface area (Å²) >= 11 is 2.03. The molecular formula is C9H15N3S. The van der Waals surface area contributed by atoms with Crippen LogP contribution >= 0.6 is 11.8 Å². The summed E-state index contributed by atoms with van der Waals surface area (Å²) < 4.78 is 2.24. The Labute approximate surface area is 82.7 Å². The van der Waals surface area contributed by atoms with Crippen molar-refractivity contribution in [3.05, 3.63) is 18.2 Å². The number of aromatic nitrogens is 2. The molecular weight excluding hydrogens is 182 g/mol. The Balaban J connectivity index is 2.13. The fraction of sp³-hybridized carbons (Fsp3) is 0.667. The molecule has 1 aromatic rings. The van der Waals surface area contributed by atoms with Crippen LogP contribution in [-0.4, -0.2) is 21.1 Å². The van der Waals surface area contributed by atoms with E-state index in [0.717, 1.165) is 5.82 Å². The Kier molecular flexibility index (Phi) is 2.90. The fourth-order valence-electron chi connectivity index (χ4n) is 1.78. The van der Waals surface area contributed by atoms with Crippen molar-refractivity contribution in [2.45, 2.75) is 25.4 Å². The van der Waals surface area contributed by atoms with Crippen molar-refractivity contribution in [3.8, 4) is 0 Å². The molecule has 2 heterocycles. The predicted molar refractivity (Wildman–Crippen MR) is 55.7 cm³/mol. The molecule has 0 aliphatic carbocycles. The number of thioether (sulfide) groups is 1. The molecule has 2 N–H and O–H groups in total. The molecule has 4 heteroatoms. The second-order valence-electron chi connectivity index (χ2n) is 3.33. The van der Waals surface area contributed by atoms with E-state index in [1.54, 1.807) is 0 Å². The van der Waals surface area contributed by atoms with Crippen LogP contribution in [0.1, 0.15) is 24.7 Å². The molecule has 0 spiro atoms. The maximum atomic E-state index is 5.61. The van der Waals surface area contributed by atoms with Crippen LogP contribution < -0.4 is 5.73 Å². The van der Waals surface area contributed by atoms with Crippen LogP contribution in [0.5, 0.6) is 0 Å². The van der Waals surface area contributed by atoms with Crippen LogP contribution in [0.4, 0.5) is 0 Å². The third kappa shape index (κ3) is 1.89. The van der Waals surface area contributed by atoms with Gasteiger partial charge in [-0.25, -0.2) is 4.98 Å². The molecule has 0 bridgehead atoms. The van der Waals surface area contributed by atoms with Crippen molar-refractivity contribution in [2.24, 2.45) is 5.73 Å². The zero-order valence-electron chi connectivity index (χ0n) is 7.65. The van der Waals surface area contributed by atoms with Crippen LogP contribution in [0.25, 0.3) is 0 Å². The SMILES string of the molecule is NCc1nccn1C1CCCSC1. The molecule has 1 atom stereocenters. The lowest BCUT2D eigenvalue weighted by Gasteiger charge is -2.24. The zero-order valence-corrected chi connectivity index (χ0v) is 8.46. The molecule has 1 aromatic heterocycles. The summed E-state index contributed by atoms with van der Waals surface area (Å²) in [7, 11) is 0. The van der Waals surface area contributed by atoms with Gasteiger partial charge in [-0.1, -0.05) is 0 Å². The van der Waals surface area contributed by atoms with E-state index in [4.69, 9.17) is 5.73 Å². The highest BCUT2D eigenvalue weighted by molar-refractivity contribution is 7.99. The smallest absolute Gasteiger partial charge is 0.122 e. The Morgan fingerprint density at radius 3 is 3.31 bits per heavy atom. The molecule has 0 aromatic carbocycles. The van der Waals surface area contributed by atoms with Gasteiger partial charge in [0.1, 0.15) is 5.82 Å². The van der Waals surface area contributed by atoms with E-state index in [2.05, 4.69) is 15.7 Å². The third-order valence-electron chi connectivity index (χ3n) is 2.46. The van der Waals surface area contributed by atoms with Gasteiger partial charge in [0, 0.05) is 24.2 Å². The first-order valence-electron chi connectivity index (χ1n) is 4.71. The molecule has 1 saturated heterocycles. The van der Waals surface area contributed by atoms with Crippen LogP contribution in [0.15, 0.2) is 12.4 Å². The molecule has 1 fully saturated rings. The normalized spacial score (nSPS) is 23.3. The van der Waals surface area contributed by atoms with E-state index in [0.29, 0.717) is 12.6 Å². The largest absolute Gasteiger partial charge is 0.330 e. The molecule has 0 amide bonds. The van der Waals surface area contributed by atoms with Crippen LogP contribution in [-0.2, 0) is 6.54 Å². The second-order valence-corrected chi connectivity index (χ2v) is 4.48. The zero-order chi connectivity index (χ0) is 9.10. The van der Waals surface area contributed by atoms with Gasteiger partial charge >= 0.3 is 0 Å². The molecule has 0 radical (unpaired) electrons. The fourth-order valence-corrected chi connectivity index (χ4v) is 2.91. The van der Waals surface area contributed by atoms with Gasteiger partial charge in [-0.2, -0.15) is 11.8 Å². The first kappa shape index (κ1) is 9.09. The van der Waals surface area contributed by atoms with Gasteiger partial charge in [-0.05, 0) is 18.6 Å². The Bertz CT molecular complexity index is 266. The third-order valence-corrected chi connectivity index (χ3v) is 3.66. The van der Waals surface area contributed by atoms with E-state index in [-0.39, 0.29) is 0 Å². The second kappa shape index (κ2) is 4.15. The highest BCUT2D eigenvalue weighted by atomic mass is 32.2. The predicted octanol–water partition coefficient (Wildman–Crippen LogP) is 1.41. The van der Waals surface area contributed by atoms with Crippen molar-refractivity contribution in [3.63, 3.8) is 0 Å². The summed E-state index contributed by atoms with van der Waals surface area (Å²) in [6.07, 6.45) is 6.49. The van der Waals surface area contributed by atoms with E-state index in [9.17, 15) is 0 Å². The van der Waals surface area contributed by atoms with Crippen molar-refractivity contribution < 1.29 is 0 Å². The van der Waals surface area contributed by atoms with Gasteiger partial charge in [0.25, 0.3) is 0 Å². The van der Waals surface area contributed by atoms with Crippen molar-refractivity contribution in [2.75, 3.05) is 11.5 Å². The van der Waals surface area contributed by atoms with Gasteiger partial charge in [0.2, 0.25) is 0 Å². The molecule has 1 aliphatic rings. The molecule has 72 valence electrons. The van der Waals surface area contributed by atoms with Crippen molar-refractivity contribution in [1.82, 2.24) is 9.55 Å². The number of nitrogens with zero attached hydrogens (tertiary/aromatic N) is 2. The quantitative estimate of drug-likeness (QED) is 0.779. The average Bonchev–Trinajstić information content (AvgIpc) is 2.67. The van der Waals surface area contributed by atoms with E-state index in [1.165, 1.54) is 24.3 Å². The highest BCUT2D eigenvalue weighted by Gasteiger charge is 2.16. The minimum Gasteiger partial charge on any atom is -0.330 e. The van der Waals surface area contributed by atoms with Crippen LogP contribution in [0, 0.1) is 0 Å². The Morgan fingerprint density at radius 1 is 1.69 bits per heavy atom. The number of nitrogens with two attached hydrogens (primary N) is 1. The molecule has 1 aliphatic heterocycles. The number of rotatable bonds is 2. The lowest BCUT2D eigenvalue weighted by molar-refractivity contribution is 0.482. The molecule has 3 nitrogen and oxygen atoms in total. The van der Waals surface area contributed by atoms with Crippen LogP contribution in [0.2, 0.25) is 0 Å². The lowest BCUT2D eigenvalue weighted by Crippen LogP contribution is -2.19. The topological polar surface area (TPSA) is 43.8 Å². The van der Waals surface area contributed by atoms with Crippen molar-refractivity contribution >= 4 is 11.8 Å². The highest BCUT2D eigenvalue weighted by Crippen LogP contribution is 2.27. The number of imidazole rings is 1. The average molecular weight is 197 g/mol. The lowest BCUT2D eigenvalue weighted by atomic mass is 10.2. The molecule has 2 rings (SSSR count). The van der Waals surface area contributed by atoms with Gasteiger partial charge < -0.3 is 10.3 Å². The number of hydrogen-bond donors (Lipinski definition) is 1. The Hall–Kier alpha value is -0.480. The van der Waals surface area contributed by atoms with Gasteiger partial charge in [-0.3, -0.25) is 0 Å². The van der Waals surface area contributed by atoms with Gasteiger partial charge in [0.05, 0.1) is 6.54 Å². The van der Waals surface area contributed by atoms with Gasteiger partial charge in [0.15, 0.2) is 0 Å². The molecule has 1 unspecified atom stereocenters. The minimum absolute atomic E-state index is 0.550. The first-order valence-corrected chi connectivity index (χ1v) is 5.87. The van der Waals surface area contributed by atoms with E-state index < -0.39 is 0 Å². The summed E-state index contributed by atoms with van der Waals surface area (Å²) in [5.74, 6) is 3.54. The van der Waals surface area contributed by atoms with Crippen molar-refractivity contribution in [1.29, 1.82) is 0 Å². The van der Waals surface area contributed by atoms with Gasteiger partial charge in [-0.15, -0.1) is 0 Å². The maximum Gasteiger partial charge on any atom is 0.122 e. The number of hydrogen-bond acceptors (Lipinski definition) is 3. The summed E-state index contributed by atoms with van der Waals surface area (Å²) in [5.41, 5.74) is 5.61. The summed E-state index contributed by atoms with van der Waals surface area (Å²) in [4.78, 5) is 4.24. The van der Waals surface area contributed by atoms with Crippen LogP contribution in [0.3, 0.4) is 0 Å². The first-order chi connectivity index (χ1) is 6.42. The minimum atomic E-state index is 0.550. The summed E-state index contributed by atoms with van der Waals surface area (Å²) in [5, 5.41) is 0. The van der Waals surface area contributed by atoms with E-state index >= 15 is 0 Å². The maximum absolute atomic E-state index is 5.61. The standard InChI is InChI=1S/C9H15N3S/c10-6-9-11-3-4-12(9)8-2-1-5-13-7-8/h3-4,8H,1-2,5-7,10H2. The van der Waals surface area contributed by atoms with E-state index in [1.807, 2.05) is 18.0 Å².